The van der Waals surface area contributed by atoms with Gasteiger partial charge >= 0.3 is 0 Å². The molecular formula is C15H20O2S. The molecule has 18 heavy (non-hydrogen) atoms. The molecule has 1 atom stereocenters. The van der Waals surface area contributed by atoms with Crippen molar-refractivity contribution in [3.8, 4) is 0 Å². The average molecular weight is 264 g/mol. The van der Waals surface area contributed by atoms with Crippen LogP contribution in [0.1, 0.15) is 23.1 Å². The molecule has 1 aliphatic rings. The number of benzene rings is 1. The van der Waals surface area contributed by atoms with Gasteiger partial charge in [-0.2, -0.15) is 0 Å². The van der Waals surface area contributed by atoms with E-state index in [2.05, 4.69) is 32.0 Å². The van der Waals surface area contributed by atoms with Gasteiger partial charge in [0, 0.05) is 18.3 Å². The molecule has 1 saturated heterocycles. The zero-order valence-corrected chi connectivity index (χ0v) is 11.9. The van der Waals surface area contributed by atoms with Crippen LogP contribution in [0.2, 0.25) is 0 Å². The maximum absolute atomic E-state index is 11.9. The van der Waals surface area contributed by atoms with Crippen LogP contribution in [0.5, 0.6) is 0 Å². The SMILES string of the molecule is Cc1cc(C)cc(CSCC(=O)C2CCOC2)c1. The molecule has 1 aromatic rings. The van der Waals surface area contributed by atoms with Crippen LogP contribution in [-0.2, 0) is 15.3 Å². The normalized spacial score (nSPS) is 19.1. The second-order valence-corrected chi connectivity index (χ2v) is 6.00. The number of hydrogen-bond donors (Lipinski definition) is 0. The minimum absolute atomic E-state index is 0.150. The van der Waals surface area contributed by atoms with Crippen molar-refractivity contribution in [1.29, 1.82) is 0 Å². The number of aryl methyl sites for hydroxylation is 2. The highest BCUT2D eigenvalue weighted by Crippen LogP contribution is 2.19. The number of rotatable bonds is 5. The highest BCUT2D eigenvalue weighted by molar-refractivity contribution is 7.99. The Kier molecular flexibility index (Phi) is 4.84. The van der Waals surface area contributed by atoms with Crippen molar-refractivity contribution in [2.75, 3.05) is 19.0 Å². The monoisotopic (exact) mass is 264 g/mol. The van der Waals surface area contributed by atoms with Gasteiger partial charge in [0.1, 0.15) is 5.78 Å². The van der Waals surface area contributed by atoms with Gasteiger partial charge in [0.15, 0.2) is 0 Å². The number of hydrogen-bond acceptors (Lipinski definition) is 3. The summed E-state index contributed by atoms with van der Waals surface area (Å²) >= 11 is 1.71. The fourth-order valence-corrected chi connectivity index (χ4v) is 3.27. The molecule has 0 radical (unpaired) electrons. The number of carbonyl (C=O) groups is 1. The van der Waals surface area contributed by atoms with Gasteiger partial charge in [0.25, 0.3) is 0 Å². The number of carbonyl (C=O) groups excluding carboxylic acids is 1. The van der Waals surface area contributed by atoms with Gasteiger partial charge in [-0.15, -0.1) is 11.8 Å². The van der Waals surface area contributed by atoms with E-state index in [1.807, 2.05) is 0 Å². The fourth-order valence-electron chi connectivity index (χ4n) is 2.33. The van der Waals surface area contributed by atoms with Crippen LogP contribution in [0, 0.1) is 19.8 Å². The number of Topliss-reactive ketones (excluding diaryl/α,β-unsaturated/α-hetero) is 1. The Hall–Kier alpha value is -0.800. The fraction of sp³-hybridized carbons (Fsp3) is 0.533. The molecule has 1 unspecified atom stereocenters. The van der Waals surface area contributed by atoms with E-state index in [0.717, 1.165) is 18.8 Å². The van der Waals surface area contributed by atoms with Crippen molar-refractivity contribution >= 4 is 17.5 Å². The van der Waals surface area contributed by atoms with E-state index in [4.69, 9.17) is 4.74 Å². The molecule has 1 fully saturated rings. The quantitative estimate of drug-likeness (QED) is 0.817. The minimum Gasteiger partial charge on any atom is -0.381 e. The third-order valence-corrected chi connectivity index (χ3v) is 4.21. The molecule has 0 spiro atoms. The van der Waals surface area contributed by atoms with Gasteiger partial charge in [0.05, 0.1) is 12.4 Å². The third kappa shape index (κ3) is 3.85. The van der Waals surface area contributed by atoms with Crippen LogP contribution < -0.4 is 0 Å². The average Bonchev–Trinajstić information content (AvgIpc) is 2.80. The molecule has 0 amide bonds. The Morgan fingerprint density at radius 1 is 1.33 bits per heavy atom. The Morgan fingerprint density at radius 3 is 2.67 bits per heavy atom. The molecule has 1 heterocycles. The summed E-state index contributed by atoms with van der Waals surface area (Å²) in [7, 11) is 0. The number of thioether (sulfide) groups is 1. The summed E-state index contributed by atoms with van der Waals surface area (Å²) in [5, 5.41) is 0. The molecule has 2 rings (SSSR count). The topological polar surface area (TPSA) is 26.3 Å². The first-order chi connectivity index (χ1) is 8.65. The van der Waals surface area contributed by atoms with Crippen LogP contribution in [0.4, 0.5) is 0 Å². The number of ether oxygens (including phenoxy) is 1. The van der Waals surface area contributed by atoms with E-state index in [1.165, 1.54) is 16.7 Å². The second kappa shape index (κ2) is 6.39. The largest absolute Gasteiger partial charge is 0.381 e. The Bertz CT molecular complexity index is 402. The maximum atomic E-state index is 11.9. The molecule has 0 saturated carbocycles. The zero-order chi connectivity index (χ0) is 13.0. The summed E-state index contributed by atoms with van der Waals surface area (Å²) in [5.41, 5.74) is 3.90. The van der Waals surface area contributed by atoms with Crippen molar-refractivity contribution in [2.24, 2.45) is 5.92 Å². The molecule has 1 aliphatic heterocycles. The molecule has 98 valence electrons. The molecule has 0 aliphatic carbocycles. The first kappa shape index (κ1) is 13.6. The van der Waals surface area contributed by atoms with Gasteiger partial charge in [-0.25, -0.2) is 0 Å². The third-order valence-electron chi connectivity index (χ3n) is 3.18. The Morgan fingerprint density at radius 2 is 2.06 bits per heavy atom. The van der Waals surface area contributed by atoms with E-state index in [-0.39, 0.29) is 5.92 Å². The number of ketones is 1. The molecule has 3 heteroatoms. The van der Waals surface area contributed by atoms with E-state index in [9.17, 15) is 4.79 Å². The van der Waals surface area contributed by atoms with Crippen molar-refractivity contribution in [1.82, 2.24) is 0 Å². The summed E-state index contributed by atoms with van der Waals surface area (Å²) in [6.45, 7) is 5.60. The van der Waals surface area contributed by atoms with Crippen LogP contribution >= 0.6 is 11.8 Å². The Labute approximate surface area is 113 Å². The lowest BCUT2D eigenvalue weighted by atomic mass is 10.1. The van der Waals surface area contributed by atoms with Gasteiger partial charge in [-0.3, -0.25) is 4.79 Å². The highest BCUT2D eigenvalue weighted by atomic mass is 32.2. The summed E-state index contributed by atoms with van der Waals surface area (Å²) in [5.74, 6) is 2.03. The molecule has 0 N–H and O–H groups in total. The van der Waals surface area contributed by atoms with Crippen LogP contribution in [0.25, 0.3) is 0 Å². The first-order valence-electron chi connectivity index (χ1n) is 6.40. The second-order valence-electron chi connectivity index (χ2n) is 5.02. The van der Waals surface area contributed by atoms with Gasteiger partial charge in [-0.05, 0) is 25.8 Å². The smallest absolute Gasteiger partial charge is 0.148 e. The summed E-state index contributed by atoms with van der Waals surface area (Å²) in [6, 6.07) is 6.57. The van der Waals surface area contributed by atoms with Crippen LogP contribution in [-0.4, -0.2) is 24.7 Å². The summed E-state index contributed by atoms with van der Waals surface area (Å²) < 4.78 is 5.24. The van der Waals surface area contributed by atoms with E-state index in [0.29, 0.717) is 18.1 Å². The van der Waals surface area contributed by atoms with Crippen LogP contribution in [0.15, 0.2) is 18.2 Å². The van der Waals surface area contributed by atoms with Crippen molar-refractivity contribution in [2.45, 2.75) is 26.0 Å². The van der Waals surface area contributed by atoms with Gasteiger partial charge in [0.2, 0.25) is 0 Å². The highest BCUT2D eigenvalue weighted by Gasteiger charge is 2.22. The standard InChI is InChI=1S/C15H20O2S/c1-11-5-12(2)7-13(6-11)9-18-10-15(16)14-3-4-17-8-14/h5-7,14H,3-4,8-10H2,1-2H3. The van der Waals surface area contributed by atoms with Gasteiger partial charge < -0.3 is 4.74 Å². The van der Waals surface area contributed by atoms with Crippen molar-refractivity contribution in [3.63, 3.8) is 0 Å². The molecule has 0 bridgehead atoms. The van der Waals surface area contributed by atoms with Crippen molar-refractivity contribution < 1.29 is 9.53 Å². The predicted molar refractivity (Wildman–Crippen MR) is 76.0 cm³/mol. The molecule has 0 aromatic heterocycles. The zero-order valence-electron chi connectivity index (χ0n) is 11.1. The lowest BCUT2D eigenvalue weighted by Crippen LogP contribution is -2.16. The van der Waals surface area contributed by atoms with Gasteiger partial charge in [-0.1, -0.05) is 29.3 Å². The van der Waals surface area contributed by atoms with E-state index in [1.54, 1.807) is 11.8 Å². The molecule has 2 nitrogen and oxygen atoms in total. The lowest BCUT2D eigenvalue weighted by Gasteiger charge is -2.07. The maximum Gasteiger partial charge on any atom is 0.148 e. The van der Waals surface area contributed by atoms with E-state index < -0.39 is 0 Å². The predicted octanol–water partition coefficient (Wildman–Crippen LogP) is 3.14. The minimum atomic E-state index is 0.150. The lowest BCUT2D eigenvalue weighted by molar-refractivity contribution is -0.120. The first-order valence-corrected chi connectivity index (χ1v) is 7.56. The van der Waals surface area contributed by atoms with E-state index >= 15 is 0 Å². The molecular weight excluding hydrogens is 244 g/mol. The van der Waals surface area contributed by atoms with Crippen LogP contribution in [0.3, 0.4) is 0 Å². The summed E-state index contributed by atoms with van der Waals surface area (Å²) in [4.78, 5) is 11.9. The summed E-state index contributed by atoms with van der Waals surface area (Å²) in [6.07, 6.45) is 0.906. The molecule has 1 aromatic carbocycles. The van der Waals surface area contributed by atoms with Crippen molar-refractivity contribution in [3.05, 3.63) is 34.9 Å². The Balaban J connectivity index is 1.79.